The van der Waals surface area contributed by atoms with Crippen molar-refractivity contribution >= 4 is 11.9 Å². The second-order valence-electron chi connectivity index (χ2n) is 5.71. The predicted molar refractivity (Wildman–Crippen MR) is 78.6 cm³/mol. The van der Waals surface area contributed by atoms with Crippen LogP contribution in [0.4, 0.5) is 4.79 Å². The summed E-state index contributed by atoms with van der Waals surface area (Å²) in [5.41, 5.74) is -0.373. The van der Waals surface area contributed by atoms with Crippen LogP contribution in [0.15, 0.2) is 35.0 Å². The molecule has 1 saturated heterocycles. The van der Waals surface area contributed by atoms with Crippen LogP contribution in [0.5, 0.6) is 0 Å². The summed E-state index contributed by atoms with van der Waals surface area (Å²) in [5, 5.41) is 5.89. The molecule has 1 aromatic rings. The monoisotopic (exact) mass is 291 g/mol. The molecule has 114 valence electrons. The summed E-state index contributed by atoms with van der Waals surface area (Å²) in [5.74, 6) is 0.0995. The van der Waals surface area contributed by atoms with Crippen LogP contribution in [-0.2, 0) is 10.3 Å². The van der Waals surface area contributed by atoms with Crippen LogP contribution in [0.25, 0.3) is 0 Å². The zero-order valence-corrected chi connectivity index (χ0v) is 12.6. The van der Waals surface area contributed by atoms with Crippen LogP contribution in [0, 0.1) is 0 Å². The van der Waals surface area contributed by atoms with Crippen molar-refractivity contribution in [3.05, 3.63) is 36.3 Å². The Bertz CT molecular complexity index is 551. The Balaban J connectivity index is 2.07. The molecule has 2 N–H and O–H groups in total. The van der Waals surface area contributed by atoms with Gasteiger partial charge >= 0.3 is 6.03 Å². The lowest BCUT2D eigenvalue weighted by molar-refractivity contribution is -0.131. The Morgan fingerprint density at radius 3 is 2.81 bits per heavy atom. The minimum absolute atomic E-state index is 0.195. The van der Waals surface area contributed by atoms with Gasteiger partial charge in [0, 0.05) is 12.6 Å². The first-order chi connectivity index (χ1) is 9.84. The Labute approximate surface area is 124 Å². The van der Waals surface area contributed by atoms with E-state index in [9.17, 15) is 9.59 Å². The van der Waals surface area contributed by atoms with Gasteiger partial charge in [-0.1, -0.05) is 20.4 Å². The third-order valence-electron chi connectivity index (χ3n) is 3.43. The van der Waals surface area contributed by atoms with Crippen molar-refractivity contribution in [3.8, 4) is 0 Å². The Morgan fingerprint density at radius 1 is 1.52 bits per heavy atom. The van der Waals surface area contributed by atoms with E-state index in [0.717, 1.165) is 5.57 Å². The zero-order valence-electron chi connectivity index (χ0n) is 12.6. The number of nitrogens with one attached hydrogen (secondary N) is 2. The highest BCUT2D eigenvalue weighted by atomic mass is 16.3. The fourth-order valence-electron chi connectivity index (χ4n) is 2.20. The maximum absolute atomic E-state index is 12.5. The Morgan fingerprint density at radius 2 is 2.24 bits per heavy atom. The average molecular weight is 291 g/mol. The molecular formula is C15H21N3O3. The minimum Gasteiger partial charge on any atom is -0.466 e. The summed E-state index contributed by atoms with van der Waals surface area (Å²) in [6.45, 7) is 10.4. The number of rotatable bonds is 6. The van der Waals surface area contributed by atoms with Gasteiger partial charge in [0.25, 0.3) is 5.91 Å². The largest absolute Gasteiger partial charge is 0.466 e. The molecule has 6 nitrogen and oxygen atoms in total. The number of carbonyl (C=O) groups excluding carboxylic acids is 2. The van der Waals surface area contributed by atoms with Crippen LogP contribution in [-0.4, -0.2) is 36.0 Å². The Kier molecular flexibility index (Phi) is 4.18. The predicted octanol–water partition coefficient (Wildman–Crippen LogP) is 1.60. The van der Waals surface area contributed by atoms with Gasteiger partial charge in [-0.3, -0.25) is 9.69 Å². The van der Waals surface area contributed by atoms with Crippen molar-refractivity contribution in [2.24, 2.45) is 0 Å². The lowest BCUT2D eigenvalue weighted by Crippen LogP contribution is -2.41. The summed E-state index contributed by atoms with van der Waals surface area (Å²) >= 11 is 0. The summed E-state index contributed by atoms with van der Waals surface area (Å²) in [7, 11) is 0. The fraction of sp³-hybridized carbons (Fsp3) is 0.467. The van der Waals surface area contributed by atoms with E-state index in [1.54, 1.807) is 19.1 Å². The molecule has 0 aromatic carbocycles. The number of furan rings is 1. The third kappa shape index (κ3) is 3.00. The summed E-state index contributed by atoms with van der Waals surface area (Å²) in [6, 6.07) is 3.26. The number of hydrogen-bond acceptors (Lipinski definition) is 4. The molecule has 1 fully saturated rings. The van der Waals surface area contributed by atoms with Crippen molar-refractivity contribution in [1.82, 2.24) is 15.5 Å². The van der Waals surface area contributed by atoms with Gasteiger partial charge in [0.05, 0.1) is 12.8 Å². The van der Waals surface area contributed by atoms with Crippen molar-refractivity contribution in [3.63, 3.8) is 0 Å². The van der Waals surface area contributed by atoms with Gasteiger partial charge in [-0.15, -0.1) is 0 Å². The zero-order chi connectivity index (χ0) is 15.6. The molecule has 0 aliphatic carbocycles. The van der Waals surface area contributed by atoms with Gasteiger partial charge in [-0.2, -0.15) is 0 Å². The van der Waals surface area contributed by atoms with Crippen molar-refractivity contribution in [2.45, 2.75) is 32.4 Å². The SMILES string of the molecule is C=C(CNC(C)C)CN1C(=O)NC(C)(c2ccco2)C1=O. The average Bonchev–Trinajstić information content (AvgIpc) is 3.01. The molecule has 6 heteroatoms. The van der Waals surface area contributed by atoms with E-state index < -0.39 is 11.6 Å². The van der Waals surface area contributed by atoms with Crippen LogP contribution >= 0.6 is 0 Å². The number of hydrogen-bond donors (Lipinski definition) is 2. The van der Waals surface area contributed by atoms with E-state index in [2.05, 4.69) is 17.2 Å². The van der Waals surface area contributed by atoms with Gasteiger partial charge in [0.2, 0.25) is 0 Å². The van der Waals surface area contributed by atoms with Gasteiger partial charge in [0.15, 0.2) is 5.54 Å². The molecule has 3 amide bonds. The molecule has 0 radical (unpaired) electrons. The highest BCUT2D eigenvalue weighted by Crippen LogP contribution is 2.29. The van der Waals surface area contributed by atoms with E-state index >= 15 is 0 Å². The standard InChI is InChI=1S/C15H21N3O3/c1-10(2)16-8-11(3)9-18-13(19)15(4,17-14(18)20)12-6-5-7-21-12/h5-7,10,16H,3,8-9H2,1-2,4H3,(H,17,20). The van der Waals surface area contributed by atoms with E-state index in [1.165, 1.54) is 11.2 Å². The third-order valence-corrected chi connectivity index (χ3v) is 3.43. The lowest BCUT2D eigenvalue weighted by Gasteiger charge is -2.20. The maximum atomic E-state index is 12.5. The molecule has 1 aliphatic heterocycles. The first-order valence-electron chi connectivity index (χ1n) is 6.92. The van der Waals surface area contributed by atoms with Crippen molar-refractivity contribution in [2.75, 3.05) is 13.1 Å². The van der Waals surface area contributed by atoms with Gasteiger partial charge in [0.1, 0.15) is 5.76 Å². The molecule has 2 rings (SSSR count). The van der Waals surface area contributed by atoms with E-state index in [4.69, 9.17) is 4.42 Å². The number of nitrogens with zero attached hydrogens (tertiary/aromatic N) is 1. The van der Waals surface area contributed by atoms with Crippen molar-refractivity contribution < 1.29 is 14.0 Å². The lowest BCUT2D eigenvalue weighted by atomic mass is 9.99. The molecule has 1 unspecified atom stereocenters. The van der Waals surface area contributed by atoms with Crippen LogP contribution in [0.3, 0.4) is 0 Å². The van der Waals surface area contributed by atoms with Gasteiger partial charge in [-0.25, -0.2) is 4.79 Å². The second kappa shape index (κ2) is 5.73. The summed E-state index contributed by atoms with van der Waals surface area (Å²) in [6.07, 6.45) is 1.48. The van der Waals surface area contributed by atoms with Crippen molar-refractivity contribution in [1.29, 1.82) is 0 Å². The highest BCUT2D eigenvalue weighted by molar-refractivity contribution is 6.07. The molecule has 1 aliphatic rings. The highest BCUT2D eigenvalue weighted by Gasteiger charge is 2.50. The molecule has 0 spiro atoms. The first kappa shape index (κ1) is 15.3. The molecule has 2 heterocycles. The smallest absolute Gasteiger partial charge is 0.325 e. The van der Waals surface area contributed by atoms with E-state index in [0.29, 0.717) is 18.3 Å². The molecular weight excluding hydrogens is 270 g/mol. The summed E-state index contributed by atoms with van der Waals surface area (Å²) in [4.78, 5) is 25.8. The van der Waals surface area contributed by atoms with Crippen LogP contribution in [0.1, 0.15) is 26.5 Å². The van der Waals surface area contributed by atoms with Gasteiger partial charge in [-0.05, 0) is 24.6 Å². The Hall–Kier alpha value is -2.08. The molecule has 1 atom stereocenters. The maximum Gasteiger partial charge on any atom is 0.325 e. The number of urea groups is 1. The number of imide groups is 1. The molecule has 0 bridgehead atoms. The second-order valence-corrected chi connectivity index (χ2v) is 5.71. The van der Waals surface area contributed by atoms with Crippen LogP contribution < -0.4 is 10.6 Å². The first-order valence-corrected chi connectivity index (χ1v) is 6.92. The number of amides is 3. The minimum atomic E-state index is -1.15. The quantitative estimate of drug-likeness (QED) is 0.616. The van der Waals surface area contributed by atoms with Crippen LogP contribution in [0.2, 0.25) is 0 Å². The normalized spacial score (nSPS) is 22.0. The molecule has 1 aromatic heterocycles. The fourth-order valence-corrected chi connectivity index (χ4v) is 2.20. The molecule has 0 saturated carbocycles. The van der Waals surface area contributed by atoms with E-state index in [1.807, 2.05) is 13.8 Å². The van der Waals surface area contributed by atoms with E-state index in [-0.39, 0.29) is 12.5 Å². The van der Waals surface area contributed by atoms with Gasteiger partial charge < -0.3 is 15.1 Å². The number of carbonyl (C=O) groups is 2. The molecule has 21 heavy (non-hydrogen) atoms. The summed E-state index contributed by atoms with van der Waals surface area (Å²) < 4.78 is 5.27. The topological polar surface area (TPSA) is 74.6 Å².